The molecule has 0 saturated heterocycles. The third-order valence-electron chi connectivity index (χ3n) is 4.31. The molecule has 0 bridgehead atoms. The molecule has 9 heteroatoms. The molecule has 0 fully saturated rings. The SMILES string of the molecule is COc1ccccc1OCCSc1nnc(CNC(=O)C=Cc2ccccc2Cl)n1C. The molecule has 3 aromatic rings. The number of amides is 1. The molecule has 1 amide bonds. The third-order valence-corrected chi connectivity index (χ3v) is 5.64. The highest BCUT2D eigenvalue weighted by Gasteiger charge is 2.10. The van der Waals surface area contributed by atoms with Crippen molar-refractivity contribution >= 4 is 35.3 Å². The molecule has 1 heterocycles. The first kappa shape index (κ1) is 22.7. The van der Waals surface area contributed by atoms with Gasteiger partial charge in [0.05, 0.1) is 20.3 Å². The summed E-state index contributed by atoms with van der Waals surface area (Å²) in [5.74, 6) is 2.52. The molecule has 0 radical (unpaired) electrons. The molecule has 0 saturated carbocycles. The topological polar surface area (TPSA) is 78.3 Å². The van der Waals surface area contributed by atoms with Gasteiger partial charge in [0.2, 0.25) is 5.91 Å². The summed E-state index contributed by atoms with van der Waals surface area (Å²) in [5, 5.41) is 12.5. The molecule has 31 heavy (non-hydrogen) atoms. The number of carbonyl (C=O) groups is 1. The van der Waals surface area contributed by atoms with Gasteiger partial charge in [-0.3, -0.25) is 4.79 Å². The van der Waals surface area contributed by atoms with Gasteiger partial charge in [0.15, 0.2) is 22.5 Å². The van der Waals surface area contributed by atoms with Crippen LogP contribution in [0.25, 0.3) is 6.08 Å². The molecule has 2 aromatic carbocycles. The van der Waals surface area contributed by atoms with Gasteiger partial charge in [-0.2, -0.15) is 0 Å². The van der Waals surface area contributed by atoms with E-state index in [4.69, 9.17) is 21.1 Å². The molecular formula is C22H23ClN4O3S. The molecule has 7 nitrogen and oxygen atoms in total. The summed E-state index contributed by atoms with van der Waals surface area (Å²) in [4.78, 5) is 12.1. The van der Waals surface area contributed by atoms with Crippen molar-refractivity contribution in [1.29, 1.82) is 0 Å². The average molecular weight is 459 g/mol. The Bertz CT molecular complexity index is 1050. The maximum absolute atomic E-state index is 12.1. The quantitative estimate of drug-likeness (QED) is 0.281. The van der Waals surface area contributed by atoms with Crippen LogP contribution in [-0.2, 0) is 18.4 Å². The van der Waals surface area contributed by atoms with Gasteiger partial charge in [0.25, 0.3) is 0 Å². The van der Waals surface area contributed by atoms with Gasteiger partial charge in [0, 0.05) is 23.9 Å². The van der Waals surface area contributed by atoms with Crippen LogP contribution in [0.15, 0.2) is 59.8 Å². The zero-order valence-corrected chi connectivity index (χ0v) is 18.8. The Morgan fingerprint density at radius 1 is 1.16 bits per heavy atom. The summed E-state index contributed by atoms with van der Waals surface area (Å²) in [5.41, 5.74) is 0.784. The number of carbonyl (C=O) groups excluding carboxylic acids is 1. The largest absolute Gasteiger partial charge is 0.493 e. The van der Waals surface area contributed by atoms with E-state index in [-0.39, 0.29) is 12.5 Å². The zero-order chi connectivity index (χ0) is 22.1. The molecule has 3 rings (SSSR count). The van der Waals surface area contributed by atoms with Gasteiger partial charge in [-0.05, 0) is 29.8 Å². The smallest absolute Gasteiger partial charge is 0.244 e. The van der Waals surface area contributed by atoms with E-state index in [0.717, 1.165) is 10.7 Å². The maximum Gasteiger partial charge on any atom is 0.244 e. The molecule has 162 valence electrons. The molecular weight excluding hydrogens is 436 g/mol. The molecule has 0 unspecified atom stereocenters. The number of nitrogens with zero attached hydrogens (tertiary/aromatic N) is 3. The normalized spacial score (nSPS) is 10.9. The molecule has 1 aromatic heterocycles. The van der Waals surface area contributed by atoms with E-state index in [9.17, 15) is 4.79 Å². The van der Waals surface area contributed by atoms with Crippen LogP contribution in [0.4, 0.5) is 0 Å². The van der Waals surface area contributed by atoms with Crippen LogP contribution < -0.4 is 14.8 Å². The second-order valence-corrected chi connectivity index (χ2v) is 7.85. The first-order chi connectivity index (χ1) is 15.1. The number of halogens is 1. The van der Waals surface area contributed by atoms with Crippen LogP contribution in [0.3, 0.4) is 0 Å². The first-order valence-electron chi connectivity index (χ1n) is 9.56. The van der Waals surface area contributed by atoms with Crippen molar-refractivity contribution in [2.45, 2.75) is 11.7 Å². The van der Waals surface area contributed by atoms with Gasteiger partial charge in [-0.25, -0.2) is 0 Å². The van der Waals surface area contributed by atoms with Crippen molar-refractivity contribution in [1.82, 2.24) is 20.1 Å². The highest BCUT2D eigenvalue weighted by molar-refractivity contribution is 7.99. The first-order valence-corrected chi connectivity index (χ1v) is 10.9. The number of benzene rings is 2. The molecule has 0 spiro atoms. The predicted molar refractivity (Wildman–Crippen MR) is 123 cm³/mol. The van der Waals surface area contributed by atoms with Crippen molar-refractivity contribution in [2.24, 2.45) is 7.05 Å². The fourth-order valence-corrected chi connectivity index (χ4v) is 3.59. The van der Waals surface area contributed by atoms with Crippen LogP contribution >= 0.6 is 23.4 Å². The lowest BCUT2D eigenvalue weighted by Crippen LogP contribution is -2.22. The number of para-hydroxylation sites is 2. The van der Waals surface area contributed by atoms with Crippen LogP contribution in [-0.4, -0.2) is 40.1 Å². The Morgan fingerprint density at radius 2 is 1.90 bits per heavy atom. The minimum atomic E-state index is -0.234. The second kappa shape index (κ2) is 11.4. The fraction of sp³-hybridized carbons (Fsp3) is 0.227. The summed E-state index contributed by atoms with van der Waals surface area (Å²) < 4.78 is 12.9. The lowest BCUT2D eigenvalue weighted by molar-refractivity contribution is -0.116. The van der Waals surface area contributed by atoms with E-state index in [1.54, 1.807) is 19.3 Å². The monoisotopic (exact) mass is 458 g/mol. The highest BCUT2D eigenvalue weighted by Crippen LogP contribution is 2.26. The van der Waals surface area contributed by atoms with Crippen LogP contribution in [0.2, 0.25) is 5.02 Å². The number of methoxy groups -OCH3 is 1. The van der Waals surface area contributed by atoms with E-state index in [1.807, 2.05) is 54.1 Å². The number of thioether (sulfide) groups is 1. The van der Waals surface area contributed by atoms with Gasteiger partial charge in [-0.1, -0.05) is 53.7 Å². The number of rotatable bonds is 10. The number of ether oxygens (including phenoxy) is 2. The predicted octanol–water partition coefficient (Wildman–Crippen LogP) is 3.98. The summed E-state index contributed by atoms with van der Waals surface area (Å²) >= 11 is 7.61. The van der Waals surface area contributed by atoms with Gasteiger partial charge in [0.1, 0.15) is 0 Å². The fourth-order valence-electron chi connectivity index (χ4n) is 2.65. The van der Waals surface area contributed by atoms with E-state index in [1.165, 1.54) is 17.8 Å². The Hall–Kier alpha value is -2.97. The third kappa shape index (κ3) is 6.50. The van der Waals surface area contributed by atoms with Gasteiger partial charge < -0.3 is 19.4 Å². The number of hydrogen-bond donors (Lipinski definition) is 1. The minimum Gasteiger partial charge on any atom is -0.493 e. The van der Waals surface area contributed by atoms with Crippen molar-refractivity contribution in [3.8, 4) is 11.5 Å². The molecule has 1 N–H and O–H groups in total. The Morgan fingerprint density at radius 3 is 2.68 bits per heavy atom. The summed E-state index contributed by atoms with van der Waals surface area (Å²) in [7, 11) is 3.48. The zero-order valence-electron chi connectivity index (χ0n) is 17.2. The molecule has 0 aliphatic rings. The molecule has 0 atom stereocenters. The number of aromatic nitrogens is 3. The minimum absolute atomic E-state index is 0.234. The number of hydrogen-bond acceptors (Lipinski definition) is 6. The Kier molecular flexibility index (Phi) is 8.37. The van der Waals surface area contributed by atoms with Crippen LogP contribution in [0.5, 0.6) is 11.5 Å². The van der Waals surface area contributed by atoms with E-state index < -0.39 is 0 Å². The summed E-state index contributed by atoms with van der Waals surface area (Å²) in [6.45, 7) is 0.768. The number of nitrogens with one attached hydrogen (secondary N) is 1. The van der Waals surface area contributed by atoms with Crippen molar-refractivity contribution in [3.63, 3.8) is 0 Å². The standard InChI is InChI=1S/C22H23ClN4O3S/c1-27-20(15-24-21(28)12-11-16-7-3-4-8-17(16)23)25-26-22(27)31-14-13-30-19-10-6-5-9-18(19)29-2/h3-12H,13-15H2,1-2H3,(H,24,28). The van der Waals surface area contributed by atoms with Crippen molar-refractivity contribution < 1.29 is 14.3 Å². The lowest BCUT2D eigenvalue weighted by Gasteiger charge is -2.10. The Balaban J connectivity index is 1.45. The van der Waals surface area contributed by atoms with Gasteiger partial charge in [-0.15, -0.1) is 10.2 Å². The van der Waals surface area contributed by atoms with Crippen LogP contribution in [0.1, 0.15) is 11.4 Å². The summed E-state index contributed by atoms with van der Waals surface area (Å²) in [6, 6.07) is 14.8. The summed E-state index contributed by atoms with van der Waals surface area (Å²) in [6.07, 6.45) is 3.12. The van der Waals surface area contributed by atoms with E-state index in [2.05, 4.69) is 15.5 Å². The lowest BCUT2D eigenvalue weighted by atomic mass is 10.2. The van der Waals surface area contributed by atoms with Crippen LogP contribution in [0, 0.1) is 0 Å². The maximum atomic E-state index is 12.1. The van der Waals surface area contributed by atoms with Crippen molar-refractivity contribution in [2.75, 3.05) is 19.5 Å². The van der Waals surface area contributed by atoms with Gasteiger partial charge >= 0.3 is 0 Å². The molecule has 0 aliphatic carbocycles. The average Bonchev–Trinajstić information content (AvgIpc) is 3.14. The van der Waals surface area contributed by atoms with E-state index in [0.29, 0.717) is 34.7 Å². The Labute approximate surface area is 190 Å². The second-order valence-electron chi connectivity index (χ2n) is 6.38. The van der Waals surface area contributed by atoms with E-state index >= 15 is 0 Å². The molecule has 0 aliphatic heterocycles. The highest BCUT2D eigenvalue weighted by atomic mass is 35.5. The van der Waals surface area contributed by atoms with Crippen molar-refractivity contribution in [3.05, 3.63) is 71.0 Å².